The standard InChI is InChI=1S/C16H19N3O4/c1-11-17-15(23-19-11)9-5-8-14(20)18-13(16(21)22)10-12-6-3-2-4-7-12/h2-4,6-7,13H,5,8-10H2,1H3,(H,18,20)(H,21,22)/t13-/m0/s1. The van der Waals surface area contributed by atoms with Crippen LogP contribution >= 0.6 is 0 Å². The van der Waals surface area contributed by atoms with Gasteiger partial charge in [-0.05, 0) is 18.9 Å². The van der Waals surface area contributed by atoms with E-state index in [-0.39, 0.29) is 18.7 Å². The molecule has 2 N–H and O–H groups in total. The van der Waals surface area contributed by atoms with Gasteiger partial charge < -0.3 is 14.9 Å². The molecule has 7 heteroatoms. The highest BCUT2D eigenvalue weighted by Crippen LogP contribution is 2.06. The van der Waals surface area contributed by atoms with Crippen molar-refractivity contribution in [3.63, 3.8) is 0 Å². The van der Waals surface area contributed by atoms with Crippen molar-refractivity contribution in [2.45, 2.75) is 38.6 Å². The average Bonchev–Trinajstić information content (AvgIpc) is 2.93. The summed E-state index contributed by atoms with van der Waals surface area (Å²) in [5.74, 6) is -0.313. The van der Waals surface area contributed by atoms with Crippen LogP contribution in [0.5, 0.6) is 0 Å². The smallest absolute Gasteiger partial charge is 0.326 e. The SMILES string of the molecule is Cc1noc(CCCC(=O)N[C@@H](Cc2ccccc2)C(=O)O)n1. The Morgan fingerprint density at radius 1 is 1.30 bits per heavy atom. The summed E-state index contributed by atoms with van der Waals surface area (Å²) in [5.41, 5.74) is 0.863. The number of nitrogens with one attached hydrogen (secondary N) is 1. The van der Waals surface area contributed by atoms with E-state index < -0.39 is 12.0 Å². The van der Waals surface area contributed by atoms with Gasteiger partial charge in [0.25, 0.3) is 0 Å². The summed E-state index contributed by atoms with van der Waals surface area (Å²) in [6.07, 6.45) is 1.47. The van der Waals surface area contributed by atoms with Crippen molar-refractivity contribution in [3.05, 3.63) is 47.6 Å². The second kappa shape index (κ2) is 8.07. The van der Waals surface area contributed by atoms with Crippen LogP contribution < -0.4 is 5.32 Å². The zero-order valence-electron chi connectivity index (χ0n) is 12.9. The topological polar surface area (TPSA) is 105 Å². The zero-order chi connectivity index (χ0) is 16.7. The van der Waals surface area contributed by atoms with Gasteiger partial charge in [-0.1, -0.05) is 35.5 Å². The number of carbonyl (C=O) groups excluding carboxylic acids is 1. The highest BCUT2D eigenvalue weighted by molar-refractivity contribution is 5.83. The van der Waals surface area contributed by atoms with Gasteiger partial charge in [-0.15, -0.1) is 0 Å². The monoisotopic (exact) mass is 317 g/mol. The van der Waals surface area contributed by atoms with Crippen molar-refractivity contribution in [1.82, 2.24) is 15.5 Å². The van der Waals surface area contributed by atoms with Crippen molar-refractivity contribution >= 4 is 11.9 Å². The van der Waals surface area contributed by atoms with Crippen LogP contribution in [0.25, 0.3) is 0 Å². The first kappa shape index (κ1) is 16.7. The number of carboxylic acid groups (broad SMARTS) is 1. The van der Waals surface area contributed by atoms with Crippen molar-refractivity contribution in [2.75, 3.05) is 0 Å². The molecule has 23 heavy (non-hydrogen) atoms. The van der Waals surface area contributed by atoms with Gasteiger partial charge in [0, 0.05) is 19.3 Å². The van der Waals surface area contributed by atoms with Crippen LogP contribution in [0, 0.1) is 6.92 Å². The summed E-state index contributed by atoms with van der Waals surface area (Å²) in [6, 6.07) is 8.26. The number of nitrogens with zero attached hydrogens (tertiary/aromatic N) is 2. The van der Waals surface area contributed by atoms with Crippen LogP contribution in [0.3, 0.4) is 0 Å². The first-order valence-corrected chi connectivity index (χ1v) is 7.40. The lowest BCUT2D eigenvalue weighted by atomic mass is 10.1. The molecule has 1 aromatic carbocycles. The van der Waals surface area contributed by atoms with Gasteiger partial charge in [0.2, 0.25) is 11.8 Å². The van der Waals surface area contributed by atoms with Gasteiger partial charge in [-0.25, -0.2) is 4.79 Å². The molecule has 1 heterocycles. The van der Waals surface area contributed by atoms with Crippen LogP contribution in [-0.4, -0.2) is 33.2 Å². The molecule has 0 aliphatic carbocycles. The van der Waals surface area contributed by atoms with E-state index in [1.807, 2.05) is 30.3 Å². The van der Waals surface area contributed by atoms with E-state index in [0.717, 1.165) is 5.56 Å². The Labute approximate surface area is 133 Å². The first-order valence-electron chi connectivity index (χ1n) is 7.40. The molecule has 1 amide bonds. The molecule has 0 saturated heterocycles. The molecule has 1 atom stereocenters. The molecule has 2 aromatic rings. The van der Waals surface area contributed by atoms with E-state index in [9.17, 15) is 14.7 Å². The molecule has 0 spiro atoms. The molecule has 0 radical (unpaired) electrons. The van der Waals surface area contributed by atoms with E-state index in [2.05, 4.69) is 15.5 Å². The molecule has 0 aliphatic rings. The minimum atomic E-state index is -1.05. The normalized spacial score (nSPS) is 11.9. The largest absolute Gasteiger partial charge is 0.480 e. The third-order valence-electron chi connectivity index (χ3n) is 3.28. The molecule has 2 rings (SSSR count). The average molecular weight is 317 g/mol. The van der Waals surface area contributed by atoms with Crippen LogP contribution in [0.15, 0.2) is 34.9 Å². The Bertz CT molecular complexity index is 654. The van der Waals surface area contributed by atoms with E-state index in [0.29, 0.717) is 24.6 Å². The van der Waals surface area contributed by atoms with Crippen LogP contribution in [-0.2, 0) is 22.4 Å². The molecule has 0 saturated carbocycles. The highest BCUT2D eigenvalue weighted by atomic mass is 16.5. The molecule has 122 valence electrons. The molecule has 7 nitrogen and oxygen atoms in total. The number of carboxylic acids is 1. The van der Waals surface area contributed by atoms with Gasteiger partial charge in [0.05, 0.1) is 0 Å². The third kappa shape index (κ3) is 5.54. The fourth-order valence-corrected chi connectivity index (χ4v) is 2.16. The van der Waals surface area contributed by atoms with Gasteiger partial charge in [0.15, 0.2) is 5.82 Å². The molecule has 0 bridgehead atoms. The molecule has 0 fully saturated rings. The predicted molar refractivity (Wildman–Crippen MR) is 81.7 cm³/mol. The number of carbonyl (C=O) groups is 2. The lowest BCUT2D eigenvalue weighted by Crippen LogP contribution is -2.42. The van der Waals surface area contributed by atoms with E-state index in [4.69, 9.17) is 4.52 Å². The Morgan fingerprint density at radius 3 is 2.65 bits per heavy atom. The first-order chi connectivity index (χ1) is 11.0. The fraction of sp³-hybridized carbons (Fsp3) is 0.375. The Morgan fingerprint density at radius 2 is 2.04 bits per heavy atom. The molecular formula is C16H19N3O4. The number of aliphatic carboxylic acids is 1. The van der Waals surface area contributed by atoms with Gasteiger partial charge in [-0.3, -0.25) is 4.79 Å². The molecule has 0 aliphatic heterocycles. The summed E-state index contributed by atoms with van der Waals surface area (Å²) < 4.78 is 4.96. The van der Waals surface area contributed by atoms with Gasteiger partial charge in [0.1, 0.15) is 6.04 Å². The second-order valence-corrected chi connectivity index (χ2v) is 5.24. The Kier molecular flexibility index (Phi) is 5.85. The van der Waals surface area contributed by atoms with Crippen LogP contribution in [0.2, 0.25) is 0 Å². The van der Waals surface area contributed by atoms with Crippen LogP contribution in [0.1, 0.15) is 30.1 Å². The Hall–Kier alpha value is -2.70. The number of aromatic nitrogens is 2. The summed E-state index contributed by atoms with van der Waals surface area (Å²) in [6.45, 7) is 1.72. The maximum Gasteiger partial charge on any atom is 0.326 e. The fourth-order valence-electron chi connectivity index (χ4n) is 2.16. The van der Waals surface area contributed by atoms with Gasteiger partial charge >= 0.3 is 5.97 Å². The minimum Gasteiger partial charge on any atom is -0.480 e. The van der Waals surface area contributed by atoms with Crippen LogP contribution in [0.4, 0.5) is 0 Å². The summed E-state index contributed by atoms with van der Waals surface area (Å²) >= 11 is 0. The summed E-state index contributed by atoms with van der Waals surface area (Å²) in [7, 11) is 0. The molecule has 0 unspecified atom stereocenters. The van der Waals surface area contributed by atoms with Crippen molar-refractivity contribution in [1.29, 1.82) is 0 Å². The summed E-state index contributed by atoms with van der Waals surface area (Å²) in [5, 5.41) is 15.5. The van der Waals surface area contributed by atoms with Gasteiger partial charge in [-0.2, -0.15) is 4.98 Å². The number of hydrogen-bond acceptors (Lipinski definition) is 5. The number of rotatable bonds is 8. The van der Waals surface area contributed by atoms with E-state index >= 15 is 0 Å². The number of benzene rings is 1. The van der Waals surface area contributed by atoms with Crippen molar-refractivity contribution in [2.24, 2.45) is 0 Å². The lowest BCUT2D eigenvalue weighted by molar-refractivity contribution is -0.141. The lowest BCUT2D eigenvalue weighted by Gasteiger charge is -2.14. The van der Waals surface area contributed by atoms with E-state index in [1.54, 1.807) is 6.92 Å². The number of hydrogen-bond donors (Lipinski definition) is 2. The maximum absolute atomic E-state index is 11.9. The minimum absolute atomic E-state index is 0.208. The van der Waals surface area contributed by atoms with Crippen molar-refractivity contribution < 1.29 is 19.2 Å². The van der Waals surface area contributed by atoms with Crippen molar-refractivity contribution in [3.8, 4) is 0 Å². The third-order valence-corrected chi connectivity index (χ3v) is 3.28. The number of aryl methyl sites for hydroxylation is 2. The molecular weight excluding hydrogens is 298 g/mol. The maximum atomic E-state index is 11.9. The predicted octanol–water partition coefficient (Wildman–Crippen LogP) is 1.51. The molecule has 1 aromatic heterocycles. The summed E-state index contributed by atoms with van der Waals surface area (Å²) in [4.78, 5) is 27.2. The second-order valence-electron chi connectivity index (χ2n) is 5.24. The zero-order valence-corrected chi connectivity index (χ0v) is 12.9. The number of amides is 1. The Balaban J connectivity index is 1.79. The highest BCUT2D eigenvalue weighted by Gasteiger charge is 2.20. The quantitative estimate of drug-likeness (QED) is 0.764. The van der Waals surface area contributed by atoms with E-state index in [1.165, 1.54) is 0 Å².